The Kier molecular flexibility index (Phi) is 5.41. The quantitative estimate of drug-likeness (QED) is 0.445. The first kappa shape index (κ1) is 20.3. The number of nitrogens with zero attached hydrogens (tertiary/aromatic N) is 3. The molecule has 1 aliphatic rings. The van der Waals surface area contributed by atoms with Gasteiger partial charge in [0, 0.05) is 35.1 Å². The topological polar surface area (TPSA) is 56.6 Å². The van der Waals surface area contributed by atoms with Crippen LogP contribution < -0.4 is 9.47 Å². The molecule has 7 heteroatoms. The summed E-state index contributed by atoms with van der Waals surface area (Å²) in [5, 5.41) is 2.05. The van der Waals surface area contributed by atoms with Crippen molar-refractivity contribution in [1.29, 1.82) is 0 Å². The third kappa shape index (κ3) is 3.54. The number of hydrogen-bond donors (Lipinski definition) is 0. The molecule has 0 saturated carbocycles. The van der Waals surface area contributed by atoms with E-state index in [2.05, 4.69) is 11.1 Å². The number of ether oxygens (including phenoxy) is 2. The number of amides is 1. The monoisotopic (exact) mass is 445 g/mol. The molecule has 32 heavy (non-hydrogen) atoms. The Bertz CT molecular complexity index is 1240. The summed E-state index contributed by atoms with van der Waals surface area (Å²) in [4.78, 5) is 21.0. The first-order valence-electron chi connectivity index (χ1n) is 10.4. The number of hydrogen-bond acceptors (Lipinski definition) is 5. The second-order valence-corrected chi connectivity index (χ2v) is 8.57. The molecular formula is C25H23N3O3S. The normalized spacial score (nSPS) is 15.3. The van der Waals surface area contributed by atoms with Crippen molar-refractivity contribution in [2.45, 2.75) is 12.5 Å². The van der Waals surface area contributed by atoms with E-state index < -0.39 is 0 Å². The summed E-state index contributed by atoms with van der Waals surface area (Å²) in [7, 11) is 3.28. The second kappa shape index (κ2) is 8.51. The summed E-state index contributed by atoms with van der Waals surface area (Å²) < 4.78 is 13.0. The van der Waals surface area contributed by atoms with E-state index in [0.717, 1.165) is 22.5 Å². The predicted octanol–water partition coefficient (Wildman–Crippen LogP) is 4.74. The number of rotatable bonds is 5. The van der Waals surface area contributed by atoms with E-state index >= 15 is 0 Å². The largest absolute Gasteiger partial charge is 0.493 e. The predicted molar refractivity (Wildman–Crippen MR) is 124 cm³/mol. The van der Waals surface area contributed by atoms with Crippen LogP contribution >= 0.6 is 11.3 Å². The summed E-state index contributed by atoms with van der Waals surface area (Å²) in [6.45, 7) is 0.624. The summed E-state index contributed by atoms with van der Waals surface area (Å²) in [5.74, 6) is 1.39. The molecule has 2 aromatic heterocycles. The minimum Gasteiger partial charge on any atom is -0.493 e. The Hall–Kier alpha value is -3.58. The molecule has 6 nitrogen and oxygen atoms in total. The molecule has 0 fully saturated rings. The van der Waals surface area contributed by atoms with Gasteiger partial charge in [0.2, 0.25) is 0 Å². The van der Waals surface area contributed by atoms with Gasteiger partial charge in [-0.25, -0.2) is 4.98 Å². The second-order valence-electron chi connectivity index (χ2n) is 7.59. The van der Waals surface area contributed by atoms with Crippen molar-refractivity contribution < 1.29 is 14.3 Å². The van der Waals surface area contributed by atoms with Crippen LogP contribution in [0.25, 0.3) is 5.69 Å². The third-order valence-corrected chi connectivity index (χ3v) is 6.77. The number of fused-ring (bicyclic) bond motifs is 1. The van der Waals surface area contributed by atoms with E-state index in [0.29, 0.717) is 23.6 Å². The SMILES string of the molecule is COc1cc2c(cc1OC)C(c1cccs1)N(C(=O)c1cccc(-n3ccnc3)c1)CC2. The Morgan fingerprint density at radius 3 is 2.66 bits per heavy atom. The highest BCUT2D eigenvalue weighted by molar-refractivity contribution is 7.10. The van der Waals surface area contributed by atoms with Crippen LogP contribution in [0.1, 0.15) is 32.4 Å². The standard InChI is InChI=1S/C25H23N3O3S/c1-30-21-14-17-8-10-28(24(23-7-4-12-32-23)20(17)15-22(21)31-2)25(29)18-5-3-6-19(13-18)27-11-9-26-16-27/h3-7,9,11-16,24H,8,10H2,1-2H3. The zero-order valence-electron chi connectivity index (χ0n) is 17.9. The lowest BCUT2D eigenvalue weighted by molar-refractivity contribution is 0.0697. The smallest absolute Gasteiger partial charge is 0.254 e. The van der Waals surface area contributed by atoms with Crippen molar-refractivity contribution in [1.82, 2.24) is 14.5 Å². The number of methoxy groups -OCH3 is 2. The molecule has 0 spiro atoms. The van der Waals surface area contributed by atoms with Gasteiger partial charge in [0.05, 0.1) is 26.6 Å². The molecular weight excluding hydrogens is 422 g/mol. The fraction of sp³-hybridized carbons (Fsp3) is 0.200. The zero-order chi connectivity index (χ0) is 22.1. The number of aromatic nitrogens is 2. The van der Waals surface area contributed by atoms with Crippen LogP contribution in [-0.2, 0) is 6.42 Å². The molecule has 4 aromatic rings. The highest BCUT2D eigenvalue weighted by atomic mass is 32.1. The highest BCUT2D eigenvalue weighted by Gasteiger charge is 2.34. The van der Waals surface area contributed by atoms with Crippen molar-refractivity contribution in [2.75, 3.05) is 20.8 Å². The summed E-state index contributed by atoms with van der Waals surface area (Å²) >= 11 is 1.66. The molecule has 2 aromatic carbocycles. The number of carbonyl (C=O) groups excluding carboxylic acids is 1. The maximum Gasteiger partial charge on any atom is 0.254 e. The Morgan fingerprint density at radius 2 is 1.94 bits per heavy atom. The fourth-order valence-electron chi connectivity index (χ4n) is 4.30. The molecule has 3 heterocycles. The van der Waals surface area contributed by atoms with E-state index in [1.165, 1.54) is 5.56 Å². The lowest BCUT2D eigenvalue weighted by Gasteiger charge is -2.37. The van der Waals surface area contributed by atoms with Gasteiger partial charge in [-0.1, -0.05) is 12.1 Å². The Labute approximate surface area is 190 Å². The zero-order valence-corrected chi connectivity index (χ0v) is 18.7. The van der Waals surface area contributed by atoms with Crippen LogP contribution in [-0.4, -0.2) is 41.1 Å². The van der Waals surface area contributed by atoms with Gasteiger partial charge in [-0.15, -0.1) is 11.3 Å². The maximum absolute atomic E-state index is 13.8. The minimum absolute atomic E-state index is 0.00537. The maximum atomic E-state index is 13.8. The molecule has 5 rings (SSSR count). The van der Waals surface area contributed by atoms with Gasteiger partial charge in [0.1, 0.15) is 0 Å². The molecule has 0 saturated heterocycles. The number of benzene rings is 2. The summed E-state index contributed by atoms with van der Waals surface area (Å²) in [5.41, 5.74) is 3.82. The van der Waals surface area contributed by atoms with E-state index in [9.17, 15) is 4.79 Å². The Balaban J connectivity index is 1.57. The number of carbonyl (C=O) groups is 1. The minimum atomic E-state index is -0.178. The average molecular weight is 446 g/mol. The lowest BCUT2D eigenvalue weighted by Crippen LogP contribution is -2.40. The first-order valence-corrected chi connectivity index (χ1v) is 11.2. The summed E-state index contributed by atoms with van der Waals surface area (Å²) in [6, 6.07) is 15.7. The Morgan fingerprint density at radius 1 is 1.09 bits per heavy atom. The highest BCUT2D eigenvalue weighted by Crippen LogP contribution is 2.42. The first-order chi connectivity index (χ1) is 15.7. The van der Waals surface area contributed by atoms with Crippen molar-refractivity contribution >= 4 is 17.2 Å². The van der Waals surface area contributed by atoms with E-state index in [1.54, 1.807) is 38.1 Å². The van der Waals surface area contributed by atoms with Gasteiger partial charge in [-0.3, -0.25) is 4.79 Å². The van der Waals surface area contributed by atoms with Gasteiger partial charge < -0.3 is 18.9 Å². The molecule has 1 atom stereocenters. The molecule has 0 radical (unpaired) electrons. The molecule has 0 bridgehead atoms. The number of thiophene rings is 1. The van der Waals surface area contributed by atoms with Crippen LogP contribution in [0, 0.1) is 0 Å². The molecule has 0 aliphatic carbocycles. The number of imidazole rings is 1. The van der Waals surface area contributed by atoms with E-state index in [-0.39, 0.29) is 11.9 Å². The van der Waals surface area contributed by atoms with Crippen LogP contribution in [0.4, 0.5) is 0 Å². The van der Waals surface area contributed by atoms with Crippen LogP contribution in [0.5, 0.6) is 11.5 Å². The van der Waals surface area contributed by atoms with Gasteiger partial charge in [-0.05, 0) is 59.3 Å². The summed E-state index contributed by atoms with van der Waals surface area (Å²) in [6.07, 6.45) is 6.08. The molecule has 1 aliphatic heterocycles. The molecule has 1 unspecified atom stereocenters. The van der Waals surface area contributed by atoms with Gasteiger partial charge in [0.15, 0.2) is 11.5 Å². The van der Waals surface area contributed by atoms with Gasteiger partial charge in [0.25, 0.3) is 5.91 Å². The lowest BCUT2D eigenvalue weighted by atomic mass is 9.90. The van der Waals surface area contributed by atoms with Crippen molar-refractivity contribution in [3.8, 4) is 17.2 Å². The van der Waals surface area contributed by atoms with Crippen molar-refractivity contribution in [3.63, 3.8) is 0 Å². The van der Waals surface area contributed by atoms with E-state index in [1.807, 2.05) is 63.5 Å². The van der Waals surface area contributed by atoms with Crippen LogP contribution in [0.3, 0.4) is 0 Å². The molecule has 162 valence electrons. The van der Waals surface area contributed by atoms with Crippen LogP contribution in [0.2, 0.25) is 0 Å². The van der Waals surface area contributed by atoms with Crippen molar-refractivity contribution in [2.24, 2.45) is 0 Å². The third-order valence-electron chi connectivity index (χ3n) is 5.84. The van der Waals surface area contributed by atoms with Gasteiger partial charge >= 0.3 is 0 Å². The van der Waals surface area contributed by atoms with E-state index in [4.69, 9.17) is 9.47 Å². The molecule has 0 N–H and O–H groups in total. The average Bonchev–Trinajstić information content (AvgIpc) is 3.56. The molecule has 1 amide bonds. The van der Waals surface area contributed by atoms with Gasteiger partial charge in [-0.2, -0.15) is 0 Å². The van der Waals surface area contributed by atoms with Crippen LogP contribution in [0.15, 0.2) is 72.6 Å². The van der Waals surface area contributed by atoms with Crippen molar-refractivity contribution in [3.05, 3.63) is 94.2 Å². The fourth-order valence-corrected chi connectivity index (χ4v) is 5.15.